The second-order valence-electron chi connectivity index (χ2n) is 35.6. The number of fused-ring (bicyclic) bond motifs is 2. The van der Waals surface area contributed by atoms with Crippen molar-refractivity contribution in [1.82, 2.24) is 20.1 Å². The fourth-order valence-corrected chi connectivity index (χ4v) is 18.0. The zero-order valence-corrected chi connectivity index (χ0v) is 74.8. The second kappa shape index (κ2) is 42.5. The van der Waals surface area contributed by atoms with Gasteiger partial charge < -0.3 is 158 Å². The van der Waals surface area contributed by atoms with Crippen molar-refractivity contribution in [1.29, 1.82) is 0 Å². The summed E-state index contributed by atoms with van der Waals surface area (Å²) in [5.41, 5.74) is 21.2. The van der Waals surface area contributed by atoms with Gasteiger partial charge in [-0.25, -0.2) is 18.0 Å². The number of ketones is 1. The largest absolute Gasteiger partial charge is 0.507 e. The predicted octanol–water partition coefficient (Wildman–Crippen LogP) is -0.770. The van der Waals surface area contributed by atoms with E-state index in [-0.39, 0.29) is 110 Å². The molecule has 4 bridgehead atoms. The molecular weight excluding hydrogens is 1730 g/mol. The number of benzene rings is 4. The number of halogens is 3. The third-order valence-corrected chi connectivity index (χ3v) is 25.6. The van der Waals surface area contributed by atoms with Crippen molar-refractivity contribution in [2.24, 2.45) is 62.5 Å². The number of aromatic hydroxyl groups is 2. The molecule has 8 heterocycles. The first-order valence-corrected chi connectivity index (χ1v) is 43.6. The SMILES string of the molecule is CC1CN(c2cc3c(cc2F)c(=O)c(C(=O)O)cn3-c2ccc(F)cc2F)CCN1.CO[C@H]1/C=C/O[C@@]2(C)Oc3c(C)c(O)c4c(O)c(c5c(c4c3C2=O)=NC2(CCN(CC(C)C)CC2)N=5)NC(=O)/C(C)=C\C=C\[C@H](C)[C@H](O)[C@@H](C)[C@@H](O)[C@@H](C)[C@H](OC(C)=O)[C@@H]1C.NCCC(O)C(=O)N[C@@H]1C[C@H](N)C(O[C@H]2O[C@H](CN)[C@@H](O)[C@H](O)[C@H]2O)[C@H](O)[C@H]1O[C@H]1O[C@H](CO)[C@@H](O)[C@H](N)[C@H]1O. The first kappa shape index (κ1) is 102. The maximum absolute atomic E-state index is 14.9. The van der Waals surface area contributed by atoms with E-state index in [1.807, 2.05) is 6.92 Å². The molecule has 1 aliphatic carbocycles. The van der Waals surface area contributed by atoms with Gasteiger partial charge in [-0.05, 0) is 76.4 Å². The highest BCUT2D eigenvalue weighted by Gasteiger charge is 2.55. The number of piperazine rings is 1. The van der Waals surface area contributed by atoms with Gasteiger partial charge >= 0.3 is 17.7 Å². The highest BCUT2D eigenvalue weighted by molar-refractivity contribution is 6.19. The van der Waals surface area contributed by atoms with Gasteiger partial charge in [0, 0.05) is 150 Å². The van der Waals surface area contributed by atoms with E-state index in [0.717, 1.165) is 35.5 Å². The number of ether oxygens (including phenoxy) is 8. The van der Waals surface area contributed by atoms with Crippen LogP contribution in [0.2, 0.25) is 0 Å². The number of nitrogens with zero attached hydrogens (tertiary/aromatic N) is 5. The first-order chi connectivity index (χ1) is 61.8. The smallest absolute Gasteiger partial charge is 0.341 e. The summed E-state index contributed by atoms with van der Waals surface area (Å²) in [7, 11) is 1.47. The number of aromatic carboxylic acids is 1. The molecule has 1 spiro atoms. The number of Topliss-reactive ketones (excluding diaryl/α,β-unsaturated/α-hetero) is 1. The zero-order valence-electron chi connectivity index (χ0n) is 74.8. The first-order valence-electron chi connectivity index (χ1n) is 43.6. The molecule has 1 aromatic heterocycles. The molecule has 3 unspecified atom stereocenters. The summed E-state index contributed by atoms with van der Waals surface area (Å²) in [6, 6.07) is 1.84. The number of esters is 1. The van der Waals surface area contributed by atoms with E-state index in [0.29, 0.717) is 57.5 Å². The molecule has 5 fully saturated rings. The Morgan fingerprint density at radius 1 is 0.763 bits per heavy atom. The minimum Gasteiger partial charge on any atom is -0.507 e. The van der Waals surface area contributed by atoms with Crippen LogP contribution >= 0.6 is 0 Å². The van der Waals surface area contributed by atoms with Crippen LogP contribution in [0.25, 0.3) is 27.4 Å². The highest BCUT2D eigenvalue weighted by Crippen LogP contribution is 2.51. The summed E-state index contributed by atoms with van der Waals surface area (Å²) >= 11 is 0. The van der Waals surface area contributed by atoms with Gasteiger partial charge in [-0.2, -0.15) is 0 Å². The van der Waals surface area contributed by atoms with E-state index < -0.39 is 228 Å². The Kier molecular flexibility index (Phi) is 33.1. The number of pyridine rings is 1. The number of nitrogens with two attached hydrogens (primary N) is 4. The number of methoxy groups -OCH3 is 1. The Labute approximate surface area is 752 Å². The summed E-state index contributed by atoms with van der Waals surface area (Å²) in [5, 5.41) is 147. The molecule has 42 heteroatoms. The van der Waals surface area contributed by atoms with Crippen LogP contribution in [0.15, 0.2) is 87.4 Å². The van der Waals surface area contributed by atoms with Crippen LogP contribution in [0.1, 0.15) is 121 Å². The molecule has 2 amide bonds. The Bertz CT molecular complexity index is 5300. The number of hydrogen-bond donors (Lipinski definition) is 20. The quantitative estimate of drug-likeness (QED) is 0.0401. The van der Waals surface area contributed by atoms with Crippen LogP contribution in [-0.2, 0) is 47.5 Å². The molecule has 24 N–H and O–H groups in total. The fraction of sp³-hybridized carbons (Fsp3) is 0.596. The Morgan fingerprint density at radius 3 is 2.05 bits per heavy atom. The number of phenolic OH excluding ortho intramolecular Hbond substituents is 2. The van der Waals surface area contributed by atoms with Crippen LogP contribution in [0, 0.1) is 54.0 Å². The predicted molar refractivity (Wildman–Crippen MR) is 465 cm³/mol. The average Bonchev–Trinajstić information content (AvgIpc) is 1.54. The number of nitrogens with one attached hydrogen (secondary N) is 3. The fourth-order valence-electron chi connectivity index (χ4n) is 18.0. The van der Waals surface area contributed by atoms with Gasteiger partial charge in [0.25, 0.3) is 11.7 Å². The molecule has 722 valence electrons. The number of phenols is 2. The highest BCUT2D eigenvalue weighted by atomic mass is 19.1. The van der Waals surface area contributed by atoms with Crippen molar-refractivity contribution >= 4 is 62.6 Å². The molecule has 1 saturated carbocycles. The van der Waals surface area contributed by atoms with Crippen molar-refractivity contribution < 1.29 is 141 Å². The number of rotatable bonds is 17. The molecule has 26 atom stereocenters. The normalized spacial score (nSPS) is 33.4. The number of carboxylic acid groups (broad SMARTS) is 1. The molecule has 0 radical (unpaired) electrons. The van der Waals surface area contributed by atoms with Crippen molar-refractivity contribution in [3.05, 3.63) is 128 Å². The van der Waals surface area contributed by atoms with E-state index >= 15 is 0 Å². The topological polar surface area (TPSA) is 616 Å². The monoisotopic (exact) mass is 1850 g/mol. The summed E-state index contributed by atoms with van der Waals surface area (Å²) in [6.45, 7) is 22.3. The summed E-state index contributed by atoms with van der Waals surface area (Å²) < 4.78 is 90.5. The van der Waals surface area contributed by atoms with E-state index in [4.69, 9.17) is 70.8 Å². The van der Waals surface area contributed by atoms with Gasteiger partial charge in [-0.3, -0.25) is 34.0 Å². The zero-order chi connectivity index (χ0) is 96.3. The van der Waals surface area contributed by atoms with Crippen LogP contribution in [0.3, 0.4) is 0 Å². The lowest BCUT2D eigenvalue weighted by atomic mass is 9.78. The lowest BCUT2D eigenvalue weighted by molar-refractivity contribution is -0.332. The second-order valence-corrected chi connectivity index (χ2v) is 35.6. The average molecular weight is 1850 g/mol. The van der Waals surface area contributed by atoms with Crippen LogP contribution in [0.4, 0.5) is 24.5 Å². The van der Waals surface area contributed by atoms with Gasteiger partial charge in [0.2, 0.25) is 11.3 Å². The van der Waals surface area contributed by atoms with Crippen LogP contribution < -0.4 is 64.7 Å². The van der Waals surface area contributed by atoms with Crippen LogP contribution in [-0.4, -0.2) is 311 Å². The molecule has 5 aromatic rings. The third kappa shape index (κ3) is 21.6. The van der Waals surface area contributed by atoms with E-state index in [2.05, 4.69) is 34.7 Å². The Balaban J connectivity index is 0.000000203. The molecular formula is C89H123F3N12O27. The molecule has 131 heavy (non-hydrogen) atoms. The number of carbonyl (C=O) groups is 5. The third-order valence-electron chi connectivity index (χ3n) is 25.6. The standard InChI is InChI=1S/C46H62N4O11.C22H43N5O13.C21H18F3N3O3/c1-22(2)21-50-18-16-46(17-19-50)48-34-31-32-39(54)28(8)42-33(31)43(56)45(10,61-42)59-20-15-30(58-11)25(5)41(60-29(9)51)27(7)38(53)26(6)37(52)23(3)13-12-14-24(4)44(57)47-36(40(32)55)35(34)49-46;23-2-1-8(29)20(36)27-7-3-6(25)18(39-22-16(34)15(33)13(31)9(4-24)37-22)17(35)19(7)40-21-14(32)11(26)12(30)10(5-28)38-21;1-11-9-26(5-4-25-11)19-8-18-13(7-16(19)24)20(28)14(21(29)30)10-27(18)17-3-2-12(22)6-15(17)23/h12-15,20,22-23,25-27,30,37-38,41,52-55H,16-19,21H2,1-11H3,(H,47,57);6-19,21-22,28-35H,1-5,23-26H2,(H,27,36);2-3,6-8,10-11,25H,4-5,9H2,1H3,(H,29,30)/b13-12+,20-15+,24-14-;;/t23-,25+,26+,27+,30-,37-,38+,41+,45-;6-,7+,8?,9+,10+,11-,12+,13+,14+,15-,16+,17-,18?,19-,21+,22+;/m00./s1. The molecule has 8 aliphatic rings. The lowest BCUT2D eigenvalue weighted by Gasteiger charge is -2.49. The summed E-state index contributed by atoms with van der Waals surface area (Å²) in [5.74, 6) is -11.2. The molecule has 4 aromatic carbocycles. The minimum atomic E-state index is -1.96. The number of carbonyl (C=O) groups excluding carboxylic acids is 4. The number of likely N-dealkylation sites (tertiary alicyclic amines) is 1. The van der Waals surface area contributed by atoms with Gasteiger partial charge in [0.05, 0.1) is 76.5 Å². The molecule has 39 nitrogen and oxygen atoms in total. The number of aliphatic hydroxyl groups excluding tert-OH is 10. The molecule has 13 rings (SSSR count). The number of anilines is 2. The van der Waals surface area contributed by atoms with Gasteiger partial charge in [-0.15, -0.1) is 0 Å². The minimum absolute atomic E-state index is 0.0101. The number of aromatic nitrogens is 1. The maximum Gasteiger partial charge on any atom is 0.341 e. The Morgan fingerprint density at radius 2 is 1.42 bits per heavy atom. The summed E-state index contributed by atoms with van der Waals surface area (Å²) in [4.78, 5) is 92.2. The van der Waals surface area contributed by atoms with Gasteiger partial charge in [0.15, 0.2) is 24.0 Å². The number of carboxylic acids is 1. The number of piperidine rings is 1. The number of amides is 2. The van der Waals surface area contributed by atoms with E-state index in [1.165, 1.54) is 33.3 Å². The van der Waals surface area contributed by atoms with E-state index in [9.17, 15) is 108 Å². The molecule has 4 saturated heterocycles. The van der Waals surface area contributed by atoms with E-state index in [1.54, 1.807) is 70.7 Å². The number of allylic oxidation sites excluding steroid dienone is 2. The van der Waals surface area contributed by atoms with Crippen molar-refractivity contribution in [2.75, 3.05) is 76.3 Å². The summed E-state index contributed by atoms with van der Waals surface area (Å²) in [6.07, 6.45) is -13.8. The Hall–Kier alpha value is -9.33. The van der Waals surface area contributed by atoms with Crippen molar-refractivity contribution in [2.45, 2.75) is 242 Å². The van der Waals surface area contributed by atoms with Crippen molar-refractivity contribution in [3.63, 3.8) is 0 Å². The number of hydrogen-bond acceptors (Lipinski definition) is 35. The number of aliphatic hydroxyl groups is 10. The molecule has 7 aliphatic heterocycles. The van der Waals surface area contributed by atoms with Gasteiger partial charge in [0.1, 0.15) is 119 Å². The maximum atomic E-state index is 14.9. The van der Waals surface area contributed by atoms with Crippen molar-refractivity contribution in [3.8, 4) is 22.9 Å². The lowest BCUT2D eigenvalue weighted by Crippen LogP contribution is -2.69. The van der Waals surface area contributed by atoms with Crippen LogP contribution in [0.5, 0.6) is 17.2 Å². The van der Waals surface area contributed by atoms with Gasteiger partial charge in [-0.1, -0.05) is 59.8 Å².